The second kappa shape index (κ2) is 8.64. The van der Waals surface area contributed by atoms with E-state index in [1.54, 1.807) is 11.0 Å². The Labute approximate surface area is 170 Å². The summed E-state index contributed by atoms with van der Waals surface area (Å²) in [7, 11) is 0. The highest BCUT2D eigenvalue weighted by atomic mass is 16.5. The molecule has 1 atom stereocenters. The van der Waals surface area contributed by atoms with Gasteiger partial charge >= 0.3 is 0 Å². The van der Waals surface area contributed by atoms with Crippen molar-refractivity contribution in [2.45, 2.75) is 51.1 Å². The van der Waals surface area contributed by atoms with Crippen LogP contribution in [-0.4, -0.2) is 46.9 Å². The number of nitrogens with zero attached hydrogens (tertiary/aromatic N) is 2. The number of benzene rings is 1. The second-order valence-electron chi connectivity index (χ2n) is 7.73. The van der Waals surface area contributed by atoms with Crippen LogP contribution in [0.3, 0.4) is 0 Å². The first-order valence-electron chi connectivity index (χ1n) is 10.5. The van der Waals surface area contributed by atoms with Gasteiger partial charge < -0.3 is 15.0 Å². The van der Waals surface area contributed by atoms with Crippen LogP contribution in [0.25, 0.3) is 17.0 Å². The van der Waals surface area contributed by atoms with Crippen molar-refractivity contribution in [2.24, 2.45) is 0 Å². The summed E-state index contributed by atoms with van der Waals surface area (Å²) in [5.74, 6) is 0.359. The van der Waals surface area contributed by atoms with Crippen LogP contribution in [0.5, 0.6) is 5.88 Å². The second-order valence-corrected chi connectivity index (χ2v) is 7.73. The van der Waals surface area contributed by atoms with Crippen LogP contribution in [-0.2, 0) is 9.59 Å². The summed E-state index contributed by atoms with van der Waals surface area (Å²) in [5.41, 5.74) is 1.63. The number of hydrogen-bond donors (Lipinski definition) is 1. The molecule has 6 nitrogen and oxygen atoms in total. The molecule has 1 aliphatic heterocycles. The predicted octanol–water partition coefficient (Wildman–Crippen LogP) is 3.31. The van der Waals surface area contributed by atoms with Crippen molar-refractivity contribution < 1.29 is 14.3 Å². The lowest BCUT2D eigenvalue weighted by Crippen LogP contribution is -2.46. The lowest BCUT2D eigenvalue weighted by molar-refractivity contribution is -0.135. The van der Waals surface area contributed by atoms with E-state index < -0.39 is 0 Å². The van der Waals surface area contributed by atoms with Gasteiger partial charge in [0.2, 0.25) is 17.7 Å². The fraction of sp³-hybridized carbons (Fsp3) is 0.435. The lowest BCUT2D eigenvalue weighted by atomic mass is 10.1. The van der Waals surface area contributed by atoms with Gasteiger partial charge in [0.1, 0.15) is 6.04 Å². The Morgan fingerprint density at radius 3 is 2.90 bits per heavy atom. The molecule has 1 unspecified atom stereocenters. The third-order valence-corrected chi connectivity index (χ3v) is 5.33. The molecule has 2 aliphatic rings. The van der Waals surface area contributed by atoms with Crippen molar-refractivity contribution in [3.8, 4) is 5.88 Å². The van der Waals surface area contributed by atoms with Gasteiger partial charge in [-0.3, -0.25) is 9.59 Å². The van der Waals surface area contributed by atoms with E-state index in [0.717, 1.165) is 48.6 Å². The van der Waals surface area contributed by atoms with Gasteiger partial charge in [0.25, 0.3) is 0 Å². The highest BCUT2D eigenvalue weighted by molar-refractivity contribution is 5.96. The normalized spacial score (nSPS) is 19.1. The SMILES string of the molecule is CCCOc1nc2ccccc2cc1/C=C/C(=O)N1CCCC1C(=O)NC1CC1. The van der Waals surface area contributed by atoms with E-state index >= 15 is 0 Å². The molecule has 6 heteroatoms. The van der Waals surface area contributed by atoms with Crippen molar-refractivity contribution in [1.29, 1.82) is 0 Å². The Hall–Kier alpha value is -2.89. The molecule has 0 radical (unpaired) electrons. The van der Waals surface area contributed by atoms with Gasteiger partial charge in [0.05, 0.1) is 12.1 Å². The Kier molecular flexibility index (Phi) is 5.79. The zero-order chi connectivity index (χ0) is 20.2. The fourth-order valence-corrected chi connectivity index (χ4v) is 3.63. The number of ether oxygens (including phenoxy) is 1. The molecule has 0 spiro atoms. The third kappa shape index (κ3) is 4.58. The smallest absolute Gasteiger partial charge is 0.247 e. The number of hydrogen-bond acceptors (Lipinski definition) is 4. The van der Waals surface area contributed by atoms with Crippen molar-refractivity contribution in [1.82, 2.24) is 15.2 Å². The summed E-state index contributed by atoms with van der Waals surface area (Å²) in [6, 6.07) is 9.76. The van der Waals surface area contributed by atoms with Crippen LogP contribution in [0, 0.1) is 0 Å². The van der Waals surface area contributed by atoms with Gasteiger partial charge in [-0.2, -0.15) is 0 Å². The number of pyridine rings is 1. The highest BCUT2D eigenvalue weighted by Gasteiger charge is 2.35. The minimum absolute atomic E-state index is 0.0221. The molecule has 152 valence electrons. The number of amides is 2. The monoisotopic (exact) mass is 393 g/mol. The van der Waals surface area contributed by atoms with Gasteiger partial charge in [-0.25, -0.2) is 4.98 Å². The zero-order valence-electron chi connectivity index (χ0n) is 16.8. The molecule has 1 aromatic carbocycles. The first-order chi connectivity index (χ1) is 14.2. The molecule has 29 heavy (non-hydrogen) atoms. The van der Waals surface area contributed by atoms with Crippen molar-refractivity contribution in [3.05, 3.63) is 42.0 Å². The van der Waals surface area contributed by atoms with Crippen LogP contribution < -0.4 is 10.1 Å². The number of fused-ring (bicyclic) bond motifs is 1. The van der Waals surface area contributed by atoms with Crippen molar-refractivity contribution in [2.75, 3.05) is 13.2 Å². The van der Waals surface area contributed by atoms with E-state index in [2.05, 4.69) is 10.3 Å². The van der Waals surface area contributed by atoms with Gasteiger partial charge in [-0.15, -0.1) is 0 Å². The topological polar surface area (TPSA) is 71.5 Å². The zero-order valence-corrected chi connectivity index (χ0v) is 16.8. The van der Waals surface area contributed by atoms with Gasteiger partial charge in [0, 0.05) is 29.6 Å². The van der Waals surface area contributed by atoms with Crippen LogP contribution in [0.1, 0.15) is 44.6 Å². The molecule has 1 saturated carbocycles. The largest absolute Gasteiger partial charge is 0.477 e. The Morgan fingerprint density at radius 1 is 1.28 bits per heavy atom. The van der Waals surface area contributed by atoms with E-state index in [9.17, 15) is 9.59 Å². The summed E-state index contributed by atoms with van der Waals surface area (Å²) >= 11 is 0. The van der Waals surface area contributed by atoms with Crippen molar-refractivity contribution >= 4 is 28.8 Å². The van der Waals surface area contributed by atoms with Crippen LogP contribution in [0.2, 0.25) is 0 Å². The number of aromatic nitrogens is 1. The molecule has 4 rings (SSSR count). The van der Waals surface area contributed by atoms with E-state index in [1.807, 2.05) is 37.3 Å². The van der Waals surface area contributed by atoms with E-state index in [4.69, 9.17) is 4.74 Å². The van der Waals surface area contributed by atoms with Gasteiger partial charge in [-0.1, -0.05) is 25.1 Å². The standard InChI is InChI=1S/C23H27N3O3/c1-2-14-29-23-17(15-16-6-3-4-7-19(16)25-23)9-12-21(27)26-13-5-8-20(26)22(28)24-18-10-11-18/h3-4,6-7,9,12,15,18,20H,2,5,8,10-11,13-14H2,1H3,(H,24,28)/b12-9+. The number of likely N-dealkylation sites (tertiary alicyclic amines) is 1. The molecule has 2 fully saturated rings. The third-order valence-electron chi connectivity index (χ3n) is 5.33. The van der Waals surface area contributed by atoms with Crippen molar-refractivity contribution in [3.63, 3.8) is 0 Å². The molecule has 2 heterocycles. The first-order valence-corrected chi connectivity index (χ1v) is 10.5. The highest BCUT2D eigenvalue weighted by Crippen LogP contribution is 2.25. The minimum atomic E-state index is -0.363. The van der Waals surface area contributed by atoms with Crippen LogP contribution >= 0.6 is 0 Å². The average molecular weight is 393 g/mol. The molecule has 0 bridgehead atoms. The molecule has 1 aromatic heterocycles. The maximum absolute atomic E-state index is 12.8. The maximum atomic E-state index is 12.8. The first kappa shape index (κ1) is 19.4. The van der Waals surface area contributed by atoms with Crippen LogP contribution in [0.15, 0.2) is 36.4 Å². The Balaban J connectivity index is 1.53. The van der Waals surface area contributed by atoms with E-state index in [-0.39, 0.29) is 17.9 Å². The Bertz CT molecular complexity index is 936. The quantitative estimate of drug-likeness (QED) is 0.733. The fourth-order valence-electron chi connectivity index (χ4n) is 3.63. The Morgan fingerprint density at radius 2 is 2.10 bits per heavy atom. The molecule has 2 aromatic rings. The summed E-state index contributed by atoms with van der Waals surface area (Å²) in [6.07, 6.45) is 7.82. The molecular formula is C23H27N3O3. The summed E-state index contributed by atoms with van der Waals surface area (Å²) in [4.78, 5) is 31.6. The molecular weight excluding hydrogens is 366 g/mol. The molecule has 2 amide bonds. The van der Waals surface area contributed by atoms with Gasteiger partial charge in [0.15, 0.2) is 0 Å². The number of carbonyl (C=O) groups excluding carboxylic acids is 2. The predicted molar refractivity (Wildman–Crippen MR) is 112 cm³/mol. The molecule has 1 saturated heterocycles. The molecule has 1 aliphatic carbocycles. The maximum Gasteiger partial charge on any atom is 0.247 e. The number of nitrogens with one attached hydrogen (secondary N) is 1. The molecule has 1 N–H and O–H groups in total. The summed E-state index contributed by atoms with van der Waals surface area (Å²) in [6.45, 7) is 3.22. The van der Waals surface area contributed by atoms with Gasteiger partial charge in [-0.05, 0) is 50.3 Å². The number of carbonyl (C=O) groups is 2. The number of para-hydroxylation sites is 1. The number of rotatable bonds is 7. The van der Waals surface area contributed by atoms with E-state index in [1.165, 1.54) is 6.08 Å². The summed E-state index contributed by atoms with van der Waals surface area (Å²) in [5, 5.41) is 4.01. The van der Waals surface area contributed by atoms with E-state index in [0.29, 0.717) is 25.1 Å². The summed E-state index contributed by atoms with van der Waals surface area (Å²) < 4.78 is 5.81. The minimum Gasteiger partial charge on any atom is -0.477 e. The lowest BCUT2D eigenvalue weighted by Gasteiger charge is -2.22. The van der Waals surface area contributed by atoms with Crippen LogP contribution in [0.4, 0.5) is 0 Å². The average Bonchev–Trinajstić information content (AvgIpc) is 3.40.